The van der Waals surface area contributed by atoms with Crippen molar-refractivity contribution in [2.24, 2.45) is 5.41 Å². The summed E-state index contributed by atoms with van der Waals surface area (Å²) in [7, 11) is 0. The van der Waals surface area contributed by atoms with Crippen LogP contribution < -0.4 is 5.32 Å². The fourth-order valence-corrected chi connectivity index (χ4v) is 3.36. The highest BCUT2D eigenvalue weighted by molar-refractivity contribution is 5.81. The van der Waals surface area contributed by atoms with Crippen molar-refractivity contribution < 1.29 is 14.7 Å². The number of rotatable bonds is 3. The Bertz CT molecular complexity index is 285. The van der Waals surface area contributed by atoms with Crippen molar-refractivity contribution >= 4 is 12.4 Å². The Balaban J connectivity index is 2.05. The molecule has 2 aliphatic rings. The summed E-state index contributed by atoms with van der Waals surface area (Å²) in [5.74, 6) is -0.882. The summed E-state index contributed by atoms with van der Waals surface area (Å²) in [5.41, 5.74) is -0.598. The largest absolute Gasteiger partial charge is 0.480 e. The molecule has 4 nitrogen and oxygen atoms in total. The Morgan fingerprint density at radius 1 is 1.06 bits per heavy atom. The smallest absolute Gasteiger partial charge is 0.329 e. The highest BCUT2D eigenvalue weighted by atomic mass is 16.4. The summed E-state index contributed by atoms with van der Waals surface area (Å²) in [4.78, 5) is 21.8. The number of carbonyl (C=O) groups is 2. The van der Waals surface area contributed by atoms with E-state index >= 15 is 0 Å². The molecule has 2 saturated carbocycles. The Kier molecular flexibility index (Phi) is 2.91. The van der Waals surface area contributed by atoms with Gasteiger partial charge in [0.15, 0.2) is 0 Å². The molecule has 90 valence electrons. The van der Waals surface area contributed by atoms with E-state index in [0.717, 1.165) is 12.8 Å². The number of amides is 1. The zero-order chi connectivity index (χ0) is 11.6. The van der Waals surface area contributed by atoms with E-state index < -0.39 is 11.5 Å². The normalized spacial score (nSPS) is 26.5. The van der Waals surface area contributed by atoms with Gasteiger partial charge in [-0.3, -0.25) is 4.79 Å². The van der Waals surface area contributed by atoms with Crippen molar-refractivity contribution in [3.63, 3.8) is 0 Å². The van der Waals surface area contributed by atoms with Crippen LogP contribution in [0.15, 0.2) is 0 Å². The molecule has 2 aliphatic carbocycles. The molecule has 0 saturated heterocycles. The van der Waals surface area contributed by atoms with Crippen LogP contribution in [-0.4, -0.2) is 23.0 Å². The third-order valence-corrected chi connectivity index (χ3v) is 4.57. The Morgan fingerprint density at radius 3 is 2.06 bits per heavy atom. The van der Waals surface area contributed by atoms with E-state index in [0.29, 0.717) is 24.7 Å². The van der Waals surface area contributed by atoms with E-state index in [4.69, 9.17) is 0 Å². The first kappa shape index (κ1) is 11.4. The number of carboxylic acids is 1. The van der Waals surface area contributed by atoms with E-state index in [-0.39, 0.29) is 0 Å². The summed E-state index contributed by atoms with van der Waals surface area (Å²) in [6, 6.07) is 0. The van der Waals surface area contributed by atoms with Crippen molar-refractivity contribution in [3.8, 4) is 0 Å². The lowest BCUT2D eigenvalue weighted by Gasteiger charge is -2.42. The summed E-state index contributed by atoms with van der Waals surface area (Å²) in [5, 5.41) is 11.8. The molecule has 0 aromatic heterocycles. The van der Waals surface area contributed by atoms with Crippen LogP contribution in [-0.2, 0) is 9.59 Å². The molecule has 0 unspecified atom stereocenters. The molecule has 0 radical (unpaired) electrons. The standard InChI is InChI=1S/C12H19NO3/c14-9-13-12(10(15)16)7-5-11(6-8-12)3-1-2-4-11/h9H,1-8H2,(H,13,14)(H,15,16). The average Bonchev–Trinajstić information content (AvgIpc) is 2.71. The fraction of sp³-hybridized carbons (Fsp3) is 0.833. The van der Waals surface area contributed by atoms with Gasteiger partial charge >= 0.3 is 5.97 Å². The third kappa shape index (κ3) is 1.81. The van der Waals surface area contributed by atoms with E-state index in [1.54, 1.807) is 0 Å². The minimum atomic E-state index is -0.990. The Labute approximate surface area is 95.4 Å². The number of hydrogen-bond donors (Lipinski definition) is 2. The van der Waals surface area contributed by atoms with E-state index in [1.165, 1.54) is 25.7 Å². The van der Waals surface area contributed by atoms with Crippen molar-refractivity contribution in [3.05, 3.63) is 0 Å². The van der Waals surface area contributed by atoms with E-state index in [2.05, 4.69) is 5.32 Å². The van der Waals surface area contributed by atoms with E-state index in [9.17, 15) is 14.7 Å². The minimum Gasteiger partial charge on any atom is -0.480 e. The van der Waals surface area contributed by atoms with E-state index in [1.807, 2.05) is 0 Å². The quantitative estimate of drug-likeness (QED) is 0.718. The number of carbonyl (C=O) groups excluding carboxylic acids is 1. The summed E-state index contributed by atoms with van der Waals surface area (Å²) in [6.45, 7) is 0. The molecule has 0 aliphatic heterocycles. The molecule has 2 rings (SSSR count). The van der Waals surface area contributed by atoms with Gasteiger partial charge in [0.25, 0.3) is 0 Å². The molecule has 2 N–H and O–H groups in total. The summed E-state index contributed by atoms with van der Waals surface area (Å²) < 4.78 is 0. The molecule has 0 bridgehead atoms. The second-order valence-electron chi connectivity index (χ2n) is 5.36. The van der Waals surface area contributed by atoms with Crippen molar-refractivity contribution in [1.29, 1.82) is 0 Å². The number of aliphatic carboxylic acids is 1. The molecule has 1 amide bonds. The summed E-state index contributed by atoms with van der Waals surface area (Å²) in [6.07, 6.45) is 8.62. The maximum atomic E-state index is 11.2. The molecule has 0 aromatic rings. The number of hydrogen-bond acceptors (Lipinski definition) is 2. The molecule has 4 heteroatoms. The van der Waals surface area contributed by atoms with Gasteiger partial charge in [-0.15, -0.1) is 0 Å². The third-order valence-electron chi connectivity index (χ3n) is 4.57. The van der Waals surface area contributed by atoms with Crippen LogP contribution in [0.3, 0.4) is 0 Å². The average molecular weight is 225 g/mol. The van der Waals surface area contributed by atoms with Crippen molar-refractivity contribution in [1.82, 2.24) is 5.32 Å². The first-order chi connectivity index (χ1) is 7.63. The van der Waals surface area contributed by atoms with Crippen LogP contribution in [0.5, 0.6) is 0 Å². The molecule has 0 aromatic carbocycles. The Morgan fingerprint density at radius 2 is 1.62 bits per heavy atom. The lowest BCUT2D eigenvalue weighted by molar-refractivity contribution is -0.149. The highest BCUT2D eigenvalue weighted by Crippen LogP contribution is 2.51. The topological polar surface area (TPSA) is 66.4 Å². The van der Waals surface area contributed by atoms with Crippen LogP contribution in [0.4, 0.5) is 0 Å². The molecule has 2 fully saturated rings. The van der Waals surface area contributed by atoms with Crippen LogP contribution in [0, 0.1) is 5.41 Å². The molecule has 1 spiro atoms. The van der Waals surface area contributed by atoms with Crippen LogP contribution in [0.25, 0.3) is 0 Å². The SMILES string of the molecule is O=CNC1(C(=O)O)CCC2(CCCC2)CC1. The van der Waals surface area contributed by atoms with Crippen LogP contribution >= 0.6 is 0 Å². The molecule has 0 heterocycles. The zero-order valence-corrected chi connectivity index (χ0v) is 9.50. The predicted octanol–water partition coefficient (Wildman–Crippen LogP) is 1.69. The Hall–Kier alpha value is -1.06. The first-order valence-electron chi connectivity index (χ1n) is 6.07. The van der Waals surface area contributed by atoms with Gasteiger partial charge < -0.3 is 10.4 Å². The molecule has 0 atom stereocenters. The highest BCUT2D eigenvalue weighted by Gasteiger charge is 2.47. The van der Waals surface area contributed by atoms with Gasteiger partial charge in [-0.25, -0.2) is 4.79 Å². The van der Waals surface area contributed by atoms with Crippen molar-refractivity contribution in [2.75, 3.05) is 0 Å². The minimum absolute atomic E-state index is 0.392. The first-order valence-corrected chi connectivity index (χ1v) is 6.07. The van der Waals surface area contributed by atoms with Crippen molar-refractivity contribution in [2.45, 2.75) is 56.9 Å². The van der Waals surface area contributed by atoms with Gasteiger partial charge in [0.05, 0.1) is 0 Å². The van der Waals surface area contributed by atoms with Gasteiger partial charge in [0.1, 0.15) is 5.54 Å². The van der Waals surface area contributed by atoms with Gasteiger partial charge in [-0.05, 0) is 43.9 Å². The zero-order valence-electron chi connectivity index (χ0n) is 9.50. The van der Waals surface area contributed by atoms with Gasteiger partial charge in [0, 0.05) is 0 Å². The maximum Gasteiger partial charge on any atom is 0.329 e. The lowest BCUT2D eigenvalue weighted by atomic mass is 9.66. The number of nitrogens with one attached hydrogen (secondary N) is 1. The number of carboxylic acid groups (broad SMARTS) is 1. The lowest BCUT2D eigenvalue weighted by Crippen LogP contribution is -2.55. The molecular weight excluding hydrogens is 206 g/mol. The van der Waals surface area contributed by atoms with Gasteiger partial charge in [-0.2, -0.15) is 0 Å². The predicted molar refractivity (Wildman–Crippen MR) is 58.9 cm³/mol. The molecule has 16 heavy (non-hydrogen) atoms. The second-order valence-corrected chi connectivity index (χ2v) is 5.36. The maximum absolute atomic E-state index is 11.2. The van der Waals surface area contributed by atoms with Gasteiger partial charge in [0.2, 0.25) is 6.41 Å². The van der Waals surface area contributed by atoms with Crippen LogP contribution in [0.2, 0.25) is 0 Å². The van der Waals surface area contributed by atoms with Gasteiger partial charge in [-0.1, -0.05) is 12.8 Å². The second kappa shape index (κ2) is 4.07. The molecular formula is C12H19NO3. The monoisotopic (exact) mass is 225 g/mol. The summed E-state index contributed by atoms with van der Waals surface area (Å²) >= 11 is 0. The fourth-order valence-electron chi connectivity index (χ4n) is 3.36. The van der Waals surface area contributed by atoms with Crippen LogP contribution in [0.1, 0.15) is 51.4 Å².